The molecule has 1 aliphatic rings. The van der Waals surface area contributed by atoms with E-state index in [1.165, 1.54) is 0 Å². The van der Waals surface area contributed by atoms with Crippen molar-refractivity contribution in [1.29, 1.82) is 0 Å². The van der Waals surface area contributed by atoms with Gasteiger partial charge in [0.05, 0.1) is 6.61 Å². The van der Waals surface area contributed by atoms with Crippen LogP contribution >= 0.6 is 0 Å². The normalized spacial score (nSPS) is 21.3. The number of hydrogen-bond donors (Lipinski definition) is 1. The van der Waals surface area contributed by atoms with E-state index in [2.05, 4.69) is 34.2 Å². The van der Waals surface area contributed by atoms with E-state index in [1.807, 2.05) is 25.1 Å². The molecule has 0 aliphatic carbocycles. The van der Waals surface area contributed by atoms with Crippen LogP contribution in [0.25, 0.3) is 0 Å². The Balaban J connectivity index is 1.88. The summed E-state index contributed by atoms with van der Waals surface area (Å²) in [6.45, 7) is 6.87. The Morgan fingerprint density at radius 3 is 3.00 bits per heavy atom. The number of ether oxygens (including phenoxy) is 1. The summed E-state index contributed by atoms with van der Waals surface area (Å²) in [6, 6.07) is 6.36. The largest absolute Gasteiger partial charge is 0.478 e. The van der Waals surface area contributed by atoms with Crippen LogP contribution in [-0.2, 0) is 0 Å². The van der Waals surface area contributed by atoms with Gasteiger partial charge in [-0.3, -0.25) is 4.90 Å². The van der Waals surface area contributed by atoms with Crippen molar-refractivity contribution in [2.24, 2.45) is 0 Å². The van der Waals surface area contributed by atoms with Gasteiger partial charge >= 0.3 is 0 Å². The molecule has 0 spiro atoms. The van der Waals surface area contributed by atoms with Crippen LogP contribution in [0.3, 0.4) is 0 Å². The van der Waals surface area contributed by atoms with Gasteiger partial charge < -0.3 is 15.0 Å². The molecule has 0 bridgehead atoms. The minimum atomic E-state index is 0.524. The summed E-state index contributed by atoms with van der Waals surface area (Å²) in [7, 11) is 4.36. The van der Waals surface area contributed by atoms with Crippen LogP contribution in [0.1, 0.15) is 6.92 Å². The predicted octanol–water partition coefficient (Wildman–Crippen LogP) is 1.14. The van der Waals surface area contributed by atoms with Crippen molar-refractivity contribution in [2.45, 2.75) is 13.0 Å². The van der Waals surface area contributed by atoms with Gasteiger partial charge in [0.2, 0.25) is 5.88 Å². The Hall–Kier alpha value is -1.33. The van der Waals surface area contributed by atoms with Gasteiger partial charge in [-0.05, 0) is 27.1 Å². The summed E-state index contributed by atoms with van der Waals surface area (Å²) in [5.41, 5.74) is 0. The van der Waals surface area contributed by atoms with Crippen LogP contribution in [0.15, 0.2) is 18.2 Å². The Morgan fingerprint density at radius 2 is 2.21 bits per heavy atom. The Morgan fingerprint density at radius 1 is 1.37 bits per heavy atom. The van der Waals surface area contributed by atoms with E-state index in [-0.39, 0.29) is 0 Å². The fourth-order valence-corrected chi connectivity index (χ4v) is 2.29. The smallest absolute Gasteiger partial charge is 0.215 e. The summed E-state index contributed by atoms with van der Waals surface area (Å²) >= 11 is 0. The lowest BCUT2D eigenvalue weighted by molar-refractivity contribution is 0.122. The maximum absolute atomic E-state index is 5.41. The van der Waals surface area contributed by atoms with Crippen LogP contribution in [0.4, 0.5) is 5.82 Å². The first-order chi connectivity index (χ1) is 9.19. The van der Waals surface area contributed by atoms with Crippen LogP contribution in [-0.4, -0.2) is 67.7 Å². The second kappa shape index (κ2) is 6.73. The van der Waals surface area contributed by atoms with E-state index < -0.39 is 0 Å². The van der Waals surface area contributed by atoms with Gasteiger partial charge in [0, 0.05) is 38.3 Å². The Kier molecular flexibility index (Phi) is 4.99. The first-order valence-corrected chi connectivity index (χ1v) is 6.91. The molecule has 5 heteroatoms. The molecule has 1 aromatic heterocycles. The van der Waals surface area contributed by atoms with E-state index in [4.69, 9.17) is 4.74 Å². The average molecular weight is 264 g/mol. The second-order valence-corrected chi connectivity index (χ2v) is 5.07. The van der Waals surface area contributed by atoms with Crippen LogP contribution in [0.2, 0.25) is 0 Å². The topological polar surface area (TPSA) is 40.6 Å². The number of nitrogens with zero attached hydrogens (tertiary/aromatic N) is 3. The van der Waals surface area contributed by atoms with E-state index in [9.17, 15) is 0 Å². The quantitative estimate of drug-likeness (QED) is 0.863. The molecular formula is C14H24N4O. The predicted molar refractivity (Wildman–Crippen MR) is 77.8 cm³/mol. The highest BCUT2D eigenvalue weighted by molar-refractivity contribution is 5.37. The standard InChI is InChI=1S/C14H24N4O/c1-4-19-14-7-5-6-13(16-14)15-10-12-11-17(2)8-9-18(12)3/h5-7,12H,4,8-11H2,1-3H3,(H,15,16). The maximum atomic E-state index is 5.41. The first-order valence-electron chi connectivity index (χ1n) is 6.91. The van der Waals surface area contributed by atoms with Crippen molar-refractivity contribution in [1.82, 2.24) is 14.8 Å². The molecule has 1 unspecified atom stereocenters. The second-order valence-electron chi connectivity index (χ2n) is 5.07. The number of nitrogens with one attached hydrogen (secondary N) is 1. The van der Waals surface area contributed by atoms with Gasteiger partial charge in [0.25, 0.3) is 0 Å². The molecule has 2 heterocycles. The van der Waals surface area contributed by atoms with Gasteiger partial charge in [-0.25, -0.2) is 0 Å². The summed E-state index contributed by atoms with van der Waals surface area (Å²) in [6.07, 6.45) is 0. The minimum absolute atomic E-state index is 0.524. The van der Waals surface area contributed by atoms with Gasteiger partial charge in [-0.1, -0.05) is 6.07 Å². The molecule has 19 heavy (non-hydrogen) atoms. The maximum Gasteiger partial charge on any atom is 0.215 e. The summed E-state index contributed by atoms with van der Waals surface area (Å²) in [5, 5.41) is 3.40. The molecule has 0 radical (unpaired) electrons. The number of pyridine rings is 1. The summed E-state index contributed by atoms with van der Waals surface area (Å²) in [5.74, 6) is 1.56. The molecule has 1 atom stereocenters. The van der Waals surface area contributed by atoms with Crippen LogP contribution < -0.4 is 10.1 Å². The van der Waals surface area contributed by atoms with E-state index in [0.29, 0.717) is 18.5 Å². The number of hydrogen-bond acceptors (Lipinski definition) is 5. The number of aromatic nitrogens is 1. The lowest BCUT2D eigenvalue weighted by atomic mass is 10.2. The van der Waals surface area contributed by atoms with Gasteiger partial charge in [-0.2, -0.15) is 4.98 Å². The number of likely N-dealkylation sites (N-methyl/N-ethyl adjacent to an activating group) is 2. The third-order valence-corrected chi connectivity index (χ3v) is 3.51. The fraction of sp³-hybridized carbons (Fsp3) is 0.643. The van der Waals surface area contributed by atoms with E-state index in [0.717, 1.165) is 32.0 Å². The van der Waals surface area contributed by atoms with Crippen molar-refractivity contribution in [3.05, 3.63) is 18.2 Å². The molecule has 0 saturated carbocycles. The lowest BCUT2D eigenvalue weighted by Gasteiger charge is -2.37. The SMILES string of the molecule is CCOc1cccc(NCC2CN(C)CCN2C)n1. The Bertz CT molecular complexity index is 399. The van der Waals surface area contributed by atoms with Crippen molar-refractivity contribution in [3.63, 3.8) is 0 Å². The van der Waals surface area contributed by atoms with Crippen LogP contribution in [0.5, 0.6) is 5.88 Å². The molecule has 1 saturated heterocycles. The van der Waals surface area contributed by atoms with Gasteiger partial charge in [0.15, 0.2) is 0 Å². The minimum Gasteiger partial charge on any atom is -0.478 e. The van der Waals surface area contributed by atoms with E-state index >= 15 is 0 Å². The van der Waals surface area contributed by atoms with Crippen LogP contribution in [0, 0.1) is 0 Å². The van der Waals surface area contributed by atoms with Gasteiger partial charge in [0.1, 0.15) is 5.82 Å². The zero-order valence-electron chi connectivity index (χ0n) is 12.1. The number of rotatable bonds is 5. The summed E-state index contributed by atoms with van der Waals surface area (Å²) < 4.78 is 5.41. The highest BCUT2D eigenvalue weighted by Crippen LogP contribution is 2.12. The average Bonchev–Trinajstić information content (AvgIpc) is 2.41. The Labute approximate surface area is 115 Å². The molecule has 1 aromatic rings. The molecule has 2 rings (SSSR count). The number of anilines is 1. The van der Waals surface area contributed by atoms with Crippen molar-refractivity contribution in [2.75, 3.05) is 52.2 Å². The fourth-order valence-electron chi connectivity index (χ4n) is 2.29. The van der Waals surface area contributed by atoms with Gasteiger partial charge in [-0.15, -0.1) is 0 Å². The van der Waals surface area contributed by atoms with Crippen molar-refractivity contribution in [3.8, 4) is 5.88 Å². The third kappa shape index (κ3) is 4.08. The molecule has 0 aromatic carbocycles. The molecule has 1 N–H and O–H groups in total. The highest BCUT2D eigenvalue weighted by Gasteiger charge is 2.21. The van der Waals surface area contributed by atoms with Crippen molar-refractivity contribution < 1.29 is 4.74 Å². The first kappa shape index (κ1) is 14.1. The zero-order valence-corrected chi connectivity index (χ0v) is 12.1. The zero-order chi connectivity index (χ0) is 13.7. The molecule has 106 valence electrons. The monoisotopic (exact) mass is 264 g/mol. The molecule has 1 aliphatic heterocycles. The third-order valence-electron chi connectivity index (χ3n) is 3.51. The molecule has 5 nitrogen and oxygen atoms in total. The summed E-state index contributed by atoms with van der Waals surface area (Å²) in [4.78, 5) is 9.20. The molecule has 0 amide bonds. The highest BCUT2D eigenvalue weighted by atomic mass is 16.5. The van der Waals surface area contributed by atoms with E-state index in [1.54, 1.807) is 0 Å². The lowest BCUT2D eigenvalue weighted by Crippen LogP contribution is -2.52. The molecular weight excluding hydrogens is 240 g/mol. The molecule has 1 fully saturated rings. The number of piperazine rings is 1. The van der Waals surface area contributed by atoms with Crippen molar-refractivity contribution >= 4 is 5.82 Å².